The molecule has 0 heterocycles. The molecule has 0 atom stereocenters. The molecule has 0 aliphatic rings. The molecular weight excluding hydrogens is 356 g/mol. The molecular formula is C19H21F2N3O3. The van der Waals surface area contributed by atoms with Gasteiger partial charge in [-0.05, 0) is 50.0 Å². The lowest BCUT2D eigenvalue weighted by Crippen LogP contribution is -2.27. The van der Waals surface area contributed by atoms with E-state index in [1.807, 2.05) is 0 Å². The quantitative estimate of drug-likeness (QED) is 0.742. The summed E-state index contributed by atoms with van der Waals surface area (Å²) < 4.78 is 28.8. The monoisotopic (exact) mass is 377 g/mol. The Balaban J connectivity index is 1.95. The van der Waals surface area contributed by atoms with Crippen LogP contribution in [0.2, 0.25) is 0 Å². The second kappa shape index (κ2) is 9.63. The van der Waals surface area contributed by atoms with Gasteiger partial charge in [-0.2, -0.15) is 8.78 Å². The minimum atomic E-state index is -2.95. The van der Waals surface area contributed by atoms with Crippen molar-refractivity contribution < 1.29 is 23.1 Å². The number of alkyl halides is 2. The summed E-state index contributed by atoms with van der Waals surface area (Å²) in [6, 6.07) is 12.7. The van der Waals surface area contributed by atoms with Crippen LogP contribution in [0.4, 0.5) is 14.5 Å². The van der Waals surface area contributed by atoms with Gasteiger partial charge in [0.05, 0.1) is 6.54 Å². The van der Waals surface area contributed by atoms with Crippen LogP contribution in [0, 0.1) is 0 Å². The van der Waals surface area contributed by atoms with Gasteiger partial charge in [-0.25, -0.2) is 0 Å². The molecule has 144 valence electrons. The predicted octanol–water partition coefficient (Wildman–Crippen LogP) is 2.72. The van der Waals surface area contributed by atoms with Crippen molar-refractivity contribution >= 4 is 17.5 Å². The lowest BCUT2D eigenvalue weighted by Gasteiger charge is -2.11. The summed E-state index contributed by atoms with van der Waals surface area (Å²) in [4.78, 5) is 25.8. The Morgan fingerprint density at radius 1 is 1.11 bits per heavy atom. The summed E-state index contributed by atoms with van der Waals surface area (Å²) in [7, 11) is 3.60. The summed E-state index contributed by atoms with van der Waals surface area (Å²) in [6.45, 7) is -2.47. The maximum absolute atomic E-state index is 12.3. The van der Waals surface area contributed by atoms with Crippen molar-refractivity contribution in [1.29, 1.82) is 0 Å². The number of rotatable bonds is 8. The zero-order valence-electron chi connectivity index (χ0n) is 15.0. The highest BCUT2D eigenvalue weighted by atomic mass is 19.3. The molecule has 2 aromatic rings. The molecule has 0 bridgehead atoms. The number of ether oxygens (including phenoxy) is 1. The van der Waals surface area contributed by atoms with Crippen molar-refractivity contribution in [3.05, 3.63) is 59.7 Å². The van der Waals surface area contributed by atoms with Crippen molar-refractivity contribution in [2.75, 3.05) is 26.0 Å². The first-order valence-corrected chi connectivity index (χ1v) is 8.20. The van der Waals surface area contributed by atoms with Gasteiger partial charge in [-0.1, -0.05) is 18.2 Å². The number of anilines is 1. The van der Waals surface area contributed by atoms with Gasteiger partial charge in [0.25, 0.3) is 5.91 Å². The van der Waals surface area contributed by atoms with Gasteiger partial charge >= 0.3 is 6.61 Å². The van der Waals surface area contributed by atoms with E-state index in [0.29, 0.717) is 5.69 Å². The fourth-order valence-corrected chi connectivity index (χ4v) is 2.34. The first kappa shape index (κ1) is 20.3. The lowest BCUT2D eigenvalue weighted by atomic mass is 10.1. The molecule has 2 amide bonds. The highest BCUT2D eigenvalue weighted by Crippen LogP contribution is 2.16. The lowest BCUT2D eigenvalue weighted by molar-refractivity contribution is -0.116. The third-order valence-corrected chi connectivity index (χ3v) is 3.45. The van der Waals surface area contributed by atoms with Crippen LogP contribution in [0.3, 0.4) is 0 Å². The number of carbonyl (C=O) groups excluding carboxylic acids is 2. The molecule has 0 saturated carbocycles. The molecule has 2 rings (SSSR count). The van der Waals surface area contributed by atoms with Crippen LogP contribution in [-0.4, -0.2) is 44.0 Å². The molecule has 2 aromatic carbocycles. The van der Waals surface area contributed by atoms with E-state index >= 15 is 0 Å². The molecule has 0 aliphatic carbocycles. The van der Waals surface area contributed by atoms with Gasteiger partial charge in [0.15, 0.2) is 0 Å². The third kappa shape index (κ3) is 7.02. The predicted molar refractivity (Wildman–Crippen MR) is 97.9 cm³/mol. The summed E-state index contributed by atoms with van der Waals surface area (Å²) >= 11 is 0. The van der Waals surface area contributed by atoms with E-state index in [1.165, 1.54) is 24.3 Å². The number of benzene rings is 2. The number of halogens is 2. The zero-order chi connectivity index (χ0) is 19.8. The Labute approximate surface area is 156 Å². The minimum Gasteiger partial charge on any atom is -0.435 e. The summed E-state index contributed by atoms with van der Waals surface area (Å²) in [5, 5.41) is 5.48. The van der Waals surface area contributed by atoms with Gasteiger partial charge < -0.3 is 20.3 Å². The number of carbonyl (C=O) groups is 2. The Kier molecular flexibility index (Phi) is 7.25. The topological polar surface area (TPSA) is 70.7 Å². The van der Waals surface area contributed by atoms with Gasteiger partial charge in [-0.3, -0.25) is 9.59 Å². The maximum atomic E-state index is 12.3. The van der Waals surface area contributed by atoms with E-state index in [0.717, 1.165) is 5.56 Å². The van der Waals surface area contributed by atoms with Crippen LogP contribution in [0.15, 0.2) is 48.5 Å². The van der Waals surface area contributed by atoms with E-state index in [4.69, 9.17) is 0 Å². The van der Waals surface area contributed by atoms with Crippen molar-refractivity contribution in [1.82, 2.24) is 10.2 Å². The SMILES string of the molecule is CN(C)CC(=O)Nc1cccc(CNC(=O)c2cccc(OC(F)F)c2)c1. The Morgan fingerprint density at radius 3 is 2.56 bits per heavy atom. The largest absolute Gasteiger partial charge is 0.435 e. The van der Waals surface area contributed by atoms with Crippen LogP contribution in [0.5, 0.6) is 5.75 Å². The molecule has 0 radical (unpaired) electrons. The molecule has 6 nitrogen and oxygen atoms in total. The molecule has 0 aromatic heterocycles. The van der Waals surface area contributed by atoms with Crippen LogP contribution >= 0.6 is 0 Å². The van der Waals surface area contributed by atoms with Gasteiger partial charge in [0.2, 0.25) is 5.91 Å². The average molecular weight is 377 g/mol. The van der Waals surface area contributed by atoms with Gasteiger partial charge in [-0.15, -0.1) is 0 Å². The number of hydrogen-bond acceptors (Lipinski definition) is 4. The molecule has 0 unspecified atom stereocenters. The normalized spacial score (nSPS) is 10.7. The number of likely N-dealkylation sites (N-methyl/N-ethyl adjacent to an activating group) is 1. The van der Waals surface area contributed by atoms with Crippen LogP contribution in [0.25, 0.3) is 0 Å². The smallest absolute Gasteiger partial charge is 0.387 e. The van der Waals surface area contributed by atoms with Crippen molar-refractivity contribution in [3.63, 3.8) is 0 Å². The maximum Gasteiger partial charge on any atom is 0.387 e. The van der Waals surface area contributed by atoms with Crippen molar-refractivity contribution in [2.24, 2.45) is 0 Å². The molecule has 0 spiro atoms. The van der Waals surface area contributed by atoms with Crippen molar-refractivity contribution in [2.45, 2.75) is 13.2 Å². The van der Waals surface area contributed by atoms with E-state index < -0.39 is 12.5 Å². The van der Waals surface area contributed by atoms with Crippen LogP contribution < -0.4 is 15.4 Å². The Morgan fingerprint density at radius 2 is 1.85 bits per heavy atom. The summed E-state index contributed by atoms with van der Waals surface area (Å²) in [5.74, 6) is -0.642. The molecule has 0 aliphatic heterocycles. The fourth-order valence-electron chi connectivity index (χ4n) is 2.34. The zero-order valence-corrected chi connectivity index (χ0v) is 15.0. The van der Waals surface area contributed by atoms with Crippen molar-refractivity contribution in [3.8, 4) is 5.75 Å². The number of hydrogen-bond donors (Lipinski definition) is 2. The first-order valence-electron chi connectivity index (χ1n) is 8.20. The second-order valence-corrected chi connectivity index (χ2v) is 6.08. The molecule has 8 heteroatoms. The third-order valence-electron chi connectivity index (χ3n) is 3.45. The van der Waals surface area contributed by atoms with Gasteiger partial charge in [0, 0.05) is 17.8 Å². The highest BCUT2D eigenvalue weighted by molar-refractivity contribution is 5.94. The fraction of sp³-hybridized carbons (Fsp3) is 0.263. The van der Waals surface area contributed by atoms with E-state index in [9.17, 15) is 18.4 Å². The number of nitrogens with zero attached hydrogens (tertiary/aromatic N) is 1. The standard InChI is InChI=1S/C19H21F2N3O3/c1-24(2)12-17(25)23-15-7-3-5-13(9-15)11-22-18(26)14-6-4-8-16(10-14)27-19(20)21/h3-10,19H,11-12H2,1-2H3,(H,22,26)(H,23,25). The molecule has 0 saturated heterocycles. The molecule has 2 N–H and O–H groups in total. The van der Waals surface area contributed by atoms with E-state index in [-0.39, 0.29) is 30.3 Å². The Hall–Kier alpha value is -3.00. The molecule has 0 fully saturated rings. The number of nitrogens with one attached hydrogen (secondary N) is 2. The minimum absolute atomic E-state index is 0.0803. The van der Waals surface area contributed by atoms with E-state index in [2.05, 4.69) is 15.4 Å². The highest BCUT2D eigenvalue weighted by Gasteiger charge is 2.10. The Bertz CT molecular complexity index is 797. The summed E-state index contributed by atoms with van der Waals surface area (Å²) in [6.07, 6.45) is 0. The molecule has 27 heavy (non-hydrogen) atoms. The van der Waals surface area contributed by atoms with Gasteiger partial charge in [0.1, 0.15) is 5.75 Å². The first-order chi connectivity index (χ1) is 12.8. The van der Waals surface area contributed by atoms with Crippen LogP contribution in [-0.2, 0) is 11.3 Å². The van der Waals surface area contributed by atoms with Crippen LogP contribution in [0.1, 0.15) is 15.9 Å². The number of amides is 2. The average Bonchev–Trinajstić information content (AvgIpc) is 2.59. The van der Waals surface area contributed by atoms with E-state index in [1.54, 1.807) is 43.3 Å². The summed E-state index contributed by atoms with van der Waals surface area (Å²) in [5.41, 5.74) is 1.62. The second-order valence-electron chi connectivity index (χ2n) is 6.08.